The molecule has 0 bridgehead atoms. The van der Waals surface area contributed by atoms with Gasteiger partial charge in [0.1, 0.15) is 25.3 Å². The third-order valence-corrected chi connectivity index (χ3v) is 11.4. The fraction of sp³-hybridized carbons (Fsp3) is 0.469. The maximum Gasteiger partial charge on any atom is 0.409 e. The Labute approximate surface area is 308 Å². The highest BCUT2D eigenvalue weighted by molar-refractivity contribution is 8.19. The summed E-state index contributed by atoms with van der Waals surface area (Å²) in [6.45, 7) is 5.44. The van der Waals surface area contributed by atoms with Gasteiger partial charge in [0.15, 0.2) is 10.2 Å². The Morgan fingerprint density at radius 3 is 2.27 bits per heavy atom. The monoisotopic (exact) mass is 773 g/mol. The number of hydrogen-bond acceptors (Lipinski definition) is 9. The zero-order valence-electron chi connectivity index (χ0n) is 27.2. The number of fused-ring (bicyclic) bond motifs is 1. The van der Waals surface area contributed by atoms with Crippen LogP contribution in [0.5, 0.6) is 0 Å². The highest BCUT2D eigenvalue weighted by Crippen LogP contribution is 2.63. The van der Waals surface area contributed by atoms with Crippen LogP contribution in [0.4, 0.5) is 9.59 Å². The smallest absolute Gasteiger partial charge is 0.409 e. The molecule has 0 aromatic heterocycles. The van der Waals surface area contributed by atoms with E-state index < -0.39 is 67.4 Å². The van der Waals surface area contributed by atoms with Gasteiger partial charge in [-0.3, -0.25) is 14.5 Å². The molecule has 0 aliphatic carbocycles. The van der Waals surface area contributed by atoms with E-state index in [2.05, 4.69) is 16.0 Å². The molecule has 2 aromatic rings. The first-order chi connectivity index (χ1) is 23.1. The summed E-state index contributed by atoms with van der Waals surface area (Å²) in [6, 6.07) is 14.1. The molecule has 0 spiro atoms. The number of urea groups is 1. The Morgan fingerprint density at radius 2 is 1.67 bits per heavy atom. The van der Waals surface area contributed by atoms with Gasteiger partial charge in [-0.1, -0.05) is 95.5 Å². The van der Waals surface area contributed by atoms with Crippen LogP contribution in [0.3, 0.4) is 0 Å². The zero-order chi connectivity index (χ0) is 36.0. The average molecular weight is 775 g/mol. The molecule has 266 valence electrons. The molecule has 2 saturated heterocycles. The van der Waals surface area contributed by atoms with Crippen molar-refractivity contribution in [3.05, 3.63) is 71.8 Å². The molecule has 12 nitrogen and oxygen atoms in total. The molecule has 17 heteroatoms. The predicted octanol–water partition coefficient (Wildman–Crippen LogP) is 4.84. The van der Waals surface area contributed by atoms with E-state index >= 15 is 0 Å². The lowest BCUT2D eigenvalue weighted by Gasteiger charge is -2.52. The number of esters is 1. The highest BCUT2D eigenvalue weighted by Gasteiger charge is 2.73. The summed E-state index contributed by atoms with van der Waals surface area (Å²) in [5, 5.41) is 8.15. The molecule has 2 fully saturated rings. The summed E-state index contributed by atoms with van der Waals surface area (Å²) in [5.74, 6) is -1.58. The molecule has 2 aliphatic heterocycles. The minimum Gasteiger partial charge on any atom is -0.459 e. The maximum atomic E-state index is 13.8. The van der Waals surface area contributed by atoms with Gasteiger partial charge in [0.05, 0.1) is 0 Å². The zero-order valence-corrected chi connectivity index (χ0v) is 31.1. The van der Waals surface area contributed by atoms with Crippen LogP contribution >= 0.6 is 58.3 Å². The van der Waals surface area contributed by atoms with Gasteiger partial charge in [-0.2, -0.15) is 0 Å². The first-order valence-electron chi connectivity index (χ1n) is 15.3. The number of hydrogen-bond donors (Lipinski definition) is 3. The maximum absolute atomic E-state index is 13.8. The Hall–Kier alpha value is -3.04. The van der Waals surface area contributed by atoms with Crippen LogP contribution in [-0.2, 0) is 30.5 Å². The Bertz CT molecular complexity index is 1520. The number of thioether (sulfide) groups is 2. The fourth-order valence-corrected chi connectivity index (χ4v) is 9.13. The largest absolute Gasteiger partial charge is 0.459 e. The van der Waals surface area contributed by atoms with Crippen LogP contribution in [0.2, 0.25) is 0 Å². The number of nitrogens with one attached hydrogen (secondary N) is 3. The normalized spacial score (nSPS) is 21.4. The fourth-order valence-electron chi connectivity index (χ4n) is 5.56. The molecule has 49 heavy (non-hydrogen) atoms. The lowest BCUT2D eigenvalue weighted by Crippen LogP contribution is -2.77. The first-order valence-corrected chi connectivity index (χ1v) is 18.5. The Kier molecular flexibility index (Phi) is 12.9. The molecule has 3 N–H and O–H groups in total. The van der Waals surface area contributed by atoms with Crippen molar-refractivity contribution in [1.82, 2.24) is 25.8 Å². The summed E-state index contributed by atoms with van der Waals surface area (Å²) in [7, 11) is 0. The van der Waals surface area contributed by atoms with Crippen molar-refractivity contribution in [3.8, 4) is 0 Å². The molecule has 2 heterocycles. The van der Waals surface area contributed by atoms with Crippen molar-refractivity contribution in [2.45, 2.75) is 58.2 Å². The topological polar surface area (TPSA) is 146 Å². The molecule has 2 aliphatic rings. The molecule has 0 saturated carbocycles. The van der Waals surface area contributed by atoms with Gasteiger partial charge < -0.3 is 30.3 Å². The second-order valence-corrected chi connectivity index (χ2v) is 17.4. The van der Waals surface area contributed by atoms with Gasteiger partial charge in [0.2, 0.25) is 9.70 Å². The van der Waals surface area contributed by atoms with Gasteiger partial charge in [-0.05, 0) is 38.2 Å². The summed E-state index contributed by atoms with van der Waals surface area (Å²) < 4.78 is 7.16. The number of rotatable bonds is 13. The number of ether oxygens (including phenoxy) is 2. The van der Waals surface area contributed by atoms with Gasteiger partial charge in [-0.25, -0.2) is 14.4 Å². The van der Waals surface area contributed by atoms with Gasteiger partial charge in [0.25, 0.3) is 5.91 Å². The lowest BCUT2D eigenvalue weighted by molar-refractivity contribution is -0.166. The van der Waals surface area contributed by atoms with Crippen LogP contribution in [0.15, 0.2) is 60.7 Å². The quantitative estimate of drug-likeness (QED) is 0.148. The lowest BCUT2D eigenvalue weighted by atomic mass is 9.95. The summed E-state index contributed by atoms with van der Waals surface area (Å²) in [4.78, 5) is 69.1. The van der Waals surface area contributed by atoms with Crippen molar-refractivity contribution >= 4 is 88.2 Å². The summed E-state index contributed by atoms with van der Waals surface area (Å²) >= 11 is 19.7. The number of alkyl halides is 3. The number of nitrogens with zero attached hydrogens (tertiary/aromatic N) is 2. The molecular weight excluding hydrogens is 737 g/mol. The van der Waals surface area contributed by atoms with E-state index in [1.807, 2.05) is 50.4 Å². The number of amides is 5. The number of likely N-dealkylation sites (N-methyl/N-ethyl adjacent to an activating group) is 1. The minimum absolute atomic E-state index is 0.0187. The Balaban J connectivity index is 1.42. The third kappa shape index (κ3) is 9.20. The van der Waals surface area contributed by atoms with Crippen LogP contribution in [0, 0.1) is 0 Å². The van der Waals surface area contributed by atoms with Crippen molar-refractivity contribution < 1.29 is 33.4 Å². The van der Waals surface area contributed by atoms with Gasteiger partial charge in [0, 0.05) is 24.4 Å². The van der Waals surface area contributed by atoms with E-state index in [4.69, 9.17) is 44.3 Å². The van der Waals surface area contributed by atoms with Crippen molar-refractivity contribution in [2.75, 3.05) is 32.5 Å². The molecule has 4 rings (SSSR count). The first kappa shape index (κ1) is 38.8. The number of β-lactam (4-membered cyclic amide) rings is 1. The van der Waals surface area contributed by atoms with E-state index in [1.165, 1.54) is 33.3 Å². The van der Waals surface area contributed by atoms with Gasteiger partial charge >= 0.3 is 18.1 Å². The predicted molar refractivity (Wildman–Crippen MR) is 191 cm³/mol. The number of halogens is 3. The van der Waals surface area contributed by atoms with E-state index in [9.17, 15) is 24.0 Å². The standard InChI is InChI=1S/C32H38Cl3N5O7S2/c1-5-39(29(45)47-19-31(33,34)35)17-16-36-28(44)37-22(21-14-10-7-11-15-21)25(41)38-23-26(42)40-24(30(2,3)49-32(23,40)48-4)27(43)46-18-20-12-8-6-9-13-20/h6-15,22-24H,5,16-19H2,1-4H3,(H,38,41)(H2,36,37,44)/t22?,23-,24-,32?/m0/s1. The second-order valence-electron chi connectivity index (χ2n) is 11.7. The molecule has 5 amide bonds. The number of carbonyl (C=O) groups is 5. The SMILES string of the molecule is CCN(CCNC(=O)NC(C(=O)N[C@H]1C(=O)N2[C@@H](C(=O)OCc3ccccc3)C(C)(C)SC12SC)c1ccccc1)C(=O)OCC(Cl)(Cl)Cl. The summed E-state index contributed by atoms with van der Waals surface area (Å²) in [6.07, 6.45) is 1.09. The summed E-state index contributed by atoms with van der Waals surface area (Å²) in [5.41, 5.74) is 1.30. The molecular formula is C32H38Cl3N5O7S2. The van der Waals surface area contributed by atoms with Crippen LogP contribution in [0.1, 0.15) is 37.9 Å². The van der Waals surface area contributed by atoms with Crippen LogP contribution < -0.4 is 16.0 Å². The molecule has 4 atom stereocenters. The molecule has 2 unspecified atom stereocenters. The van der Waals surface area contributed by atoms with Crippen molar-refractivity contribution in [3.63, 3.8) is 0 Å². The third-order valence-electron chi connectivity index (χ3n) is 7.87. The van der Waals surface area contributed by atoms with Crippen LogP contribution in [-0.4, -0.2) is 97.0 Å². The van der Waals surface area contributed by atoms with Crippen molar-refractivity contribution in [2.24, 2.45) is 0 Å². The number of carbonyl (C=O) groups excluding carboxylic acids is 5. The number of benzene rings is 2. The second kappa shape index (κ2) is 16.3. The van der Waals surface area contributed by atoms with Gasteiger partial charge in [-0.15, -0.1) is 23.5 Å². The van der Waals surface area contributed by atoms with Crippen LogP contribution in [0.25, 0.3) is 0 Å². The average Bonchev–Trinajstić information content (AvgIpc) is 3.30. The Morgan fingerprint density at radius 1 is 1.04 bits per heavy atom. The minimum atomic E-state index is -1.76. The molecule has 2 aromatic carbocycles. The molecule has 0 radical (unpaired) electrons. The van der Waals surface area contributed by atoms with E-state index in [1.54, 1.807) is 37.3 Å². The van der Waals surface area contributed by atoms with E-state index in [0.717, 1.165) is 5.56 Å². The van der Waals surface area contributed by atoms with Crippen molar-refractivity contribution in [1.29, 1.82) is 0 Å². The highest BCUT2D eigenvalue weighted by atomic mass is 35.6. The van der Waals surface area contributed by atoms with E-state index in [0.29, 0.717) is 5.56 Å². The van der Waals surface area contributed by atoms with E-state index in [-0.39, 0.29) is 26.2 Å².